The molecular weight excluding hydrogens is 254 g/mol. The summed E-state index contributed by atoms with van der Waals surface area (Å²) in [6, 6.07) is 4.34. The van der Waals surface area contributed by atoms with Crippen molar-refractivity contribution < 1.29 is 4.74 Å². The van der Waals surface area contributed by atoms with E-state index < -0.39 is 0 Å². The Hall–Kier alpha value is -0.540. The molecule has 1 unspecified atom stereocenters. The summed E-state index contributed by atoms with van der Waals surface area (Å²) < 4.78 is 6.53. The van der Waals surface area contributed by atoms with Gasteiger partial charge < -0.3 is 10.1 Å². The summed E-state index contributed by atoms with van der Waals surface area (Å²) in [5.41, 5.74) is 2.61. The molecule has 0 bridgehead atoms. The highest BCUT2D eigenvalue weighted by Crippen LogP contribution is 2.37. The van der Waals surface area contributed by atoms with Crippen molar-refractivity contribution in [3.05, 3.63) is 27.7 Å². The monoisotopic (exact) mass is 269 g/mol. The molecule has 15 heavy (non-hydrogen) atoms. The zero-order valence-corrected chi connectivity index (χ0v) is 10.7. The molecule has 1 aromatic carbocycles. The van der Waals surface area contributed by atoms with Crippen molar-refractivity contribution in [1.82, 2.24) is 5.32 Å². The summed E-state index contributed by atoms with van der Waals surface area (Å²) in [5.74, 6) is 1.59. The van der Waals surface area contributed by atoms with Gasteiger partial charge in [-0.2, -0.15) is 0 Å². The van der Waals surface area contributed by atoms with Crippen LogP contribution in [0, 0.1) is 6.92 Å². The molecule has 82 valence electrons. The maximum absolute atomic E-state index is 5.47. The van der Waals surface area contributed by atoms with E-state index in [1.807, 2.05) is 0 Å². The topological polar surface area (TPSA) is 21.3 Å². The van der Waals surface area contributed by atoms with E-state index in [0.29, 0.717) is 5.92 Å². The van der Waals surface area contributed by atoms with Gasteiger partial charge in [0.05, 0.1) is 11.6 Å². The number of benzene rings is 1. The molecular formula is C12H16BrNO. The van der Waals surface area contributed by atoms with E-state index in [4.69, 9.17) is 4.74 Å². The van der Waals surface area contributed by atoms with Gasteiger partial charge in [0.15, 0.2) is 0 Å². The van der Waals surface area contributed by atoms with E-state index in [-0.39, 0.29) is 0 Å². The van der Waals surface area contributed by atoms with Gasteiger partial charge in [-0.1, -0.05) is 6.07 Å². The van der Waals surface area contributed by atoms with E-state index in [9.17, 15) is 0 Å². The van der Waals surface area contributed by atoms with Crippen LogP contribution < -0.4 is 10.1 Å². The van der Waals surface area contributed by atoms with Crippen molar-refractivity contribution in [3.8, 4) is 5.75 Å². The van der Waals surface area contributed by atoms with E-state index in [0.717, 1.165) is 23.3 Å². The number of hydrogen-bond acceptors (Lipinski definition) is 2. The first-order chi connectivity index (χ1) is 7.22. The minimum atomic E-state index is 0.594. The SMILES string of the molecule is COc1c(Br)cc(C)cc1C1CCNC1. The largest absolute Gasteiger partial charge is 0.495 e. The van der Waals surface area contributed by atoms with E-state index >= 15 is 0 Å². The minimum absolute atomic E-state index is 0.594. The third kappa shape index (κ3) is 2.18. The Bertz CT molecular complexity index is 359. The summed E-state index contributed by atoms with van der Waals surface area (Å²) in [4.78, 5) is 0. The van der Waals surface area contributed by atoms with Gasteiger partial charge in [0.1, 0.15) is 5.75 Å². The third-order valence-electron chi connectivity index (χ3n) is 2.92. The first-order valence-electron chi connectivity index (χ1n) is 5.27. The lowest BCUT2D eigenvalue weighted by Gasteiger charge is -2.16. The number of aryl methyl sites for hydroxylation is 1. The predicted molar refractivity (Wildman–Crippen MR) is 65.7 cm³/mol. The maximum atomic E-state index is 5.47. The van der Waals surface area contributed by atoms with Crippen LogP contribution in [-0.2, 0) is 0 Å². The fraction of sp³-hybridized carbons (Fsp3) is 0.500. The molecule has 1 atom stereocenters. The van der Waals surface area contributed by atoms with E-state index in [2.05, 4.69) is 40.3 Å². The highest BCUT2D eigenvalue weighted by atomic mass is 79.9. The van der Waals surface area contributed by atoms with Crippen LogP contribution in [0.2, 0.25) is 0 Å². The second-order valence-electron chi connectivity index (χ2n) is 4.06. The molecule has 1 heterocycles. The average molecular weight is 270 g/mol. The molecule has 0 spiro atoms. The Morgan fingerprint density at radius 3 is 2.87 bits per heavy atom. The van der Waals surface area contributed by atoms with Crippen LogP contribution in [-0.4, -0.2) is 20.2 Å². The van der Waals surface area contributed by atoms with Crippen molar-refractivity contribution in [2.45, 2.75) is 19.3 Å². The van der Waals surface area contributed by atoms with Gasteiger partial charge in [0.2, 0.25) is 0 Å². The quantitative estimate of drug-likeness (QED) is 0.892. The molecule has 2 rings (SSSR count). The molecule has 2 nitrogen and oxygen atoms in total. The summed E-state index contributed by atoms with van der Waals surface area (Å²) in [7, 11) is 1.74. The molecule has 0 amide bonds. The lowest BCUT2D eigenvalue weighted by atomic mass is 9.96. The average Bonchev–Trinajstić information content (AvgIpc) is 2.69. The second kappa shape index (κ2) is 4.54. The summed E-state index contributed by atoms with van der Waals surface area (Å²) in [6.07, 6.45) is 1.20. The molecule has 1 aliphatic heterocycles. The Labute approximate surface area is 99.1 Å². The van der Waals surface area contributed by atoms with Crippen molar-refractivity contribution in [3.63, 3.8) is 0 Å². The highest BCUT2D eigenvalue weighted by molar-refractivity contribution is 9.10. The molecule has 0 aromatic heterocycles. The Morgan fingerprint density at radius 1 is 1.47 bits per heavy atom. The number of hydrogen-bond donors (Lipinski definition) is 1. The molecule has 3 heteroatoms. The molecule has 1 aliphatic rings. The zero-order chi connectivity index (χ0) is 10.8. The van der Waals surface area contributed by atoms with Crippen LogP contribution in [0.5, 0.6) is 5.75 Å². The van der Waals surface area contributed by atoms with E-state index in [1.54, 1.807) is 7.11 Å². The van der Waals surface area contributed by atoms with Gasteiger partial charge in [-0.05, 0) is 53.0 Å². The molecule has 1 N–H and O–H groups in total. The molecule has 0 radical (unpaired) electrons. The molecule has 1 fully saturated rings. The fourth-order valence-electron chi connectivity index (χ4n) is 2.19. The van der Waals surface area contributed by atoms with Crippen LogP contribution in [0.1, 0.15) is 23.5 Å². The van der Waals surface area contributed by atoms with E-state index in [1.165, 1.54) is 17.5 Å². The van der Waals surface area contributed by atoms with Crippen LogP contribution >= 0.6 is 15.9 Å². The molecule has 0 saturated carbocycles. The van der Waals surface area contributed by atoms with Crippen molar-refractivity contribution >= 4 is 15.9 Å². The van der Waals surface area contributed by atoms with Gasteiger partial charge in [-0.3, -0.25) is 0 Å². The predicted octanol–water partition coefficient (Wildman–Crippen LogP) is 2.84. The fourth-order valence-corrected chi connectivity index (χ4v) is 2.95. The first-order valence-corrected chi connectivity index (χ1v) is 6.06. The number of methoxy groups -OCH3 is 1. The normalized spacial score (nSPS) is 20.6. The Morgan fingerprint density at radius 2 is 2.27 bits per heavy atom. The Kier molecular flexibility index (Phi) is 3.32. The van der Waals surface area contributed by atoms with Crippen LogP contribution in [0.4, 0.5) is 0 Å². The van der Waals surface area contributed by atoms with Gasteiger partial charge in [0, 0.05) is 12.5 Å². The van der Waals surface area contributed by atoms with Gasteiger partial charge in [0.25, 0.3) is 0 Å². The lowest BCUT2D eigenvalue weighted by molar-refractivity contribution is 0.403. The van der Waals surface area contributed by atoms with Gasteiger partial charge >= 0.3 is 0 Å². The first kappa shape index (κ1) is 11.0. The Balaban J connectivity index is 2.42. The summed E-state index contributed by atoms with van der Waals surface area (Å²) in [6.45, 7) is 4.29. The van der Waals surface area contributed by atoms with Crippen molar-refractivity contribution in [2.24, 2.45) is 0 Å². The lowest BCUT2D eigenvalue weighted by Crippen LogP contribution is -2.09. The maximum Gasteiger partial charge on any atom is 0.136 e. The zero-order valence-electron chi connectivity index (χ0n) is 9.14. The molecule has 1 aromatic rings. The van der Waals surface area contributed by atoms with Gasteiger partial charge in [-0.15, -0.1) is 0 Å². The van der Waals surface area contributed by atoms with Crippen molar-refractivity contribution in [2.75, 3.05) is 20.2 Å². The number of ether oxygens (including phenoxy) is 1. The van der Waals surface area contributed by atoms with Crippen LogP contribution in [0.3, 0.4) is 0 Å². The van der Waals surface area contributed by atoms with Gasteiger partial charge in [-0.25, -0.2) is 0 Å². The summed E-state index contributed by atoms with van der Waals surface area (Å²) >= 11 is 3.56. The smallest absolute Gasteiger partial charge is 0.136 e. The third-order valence-corrected chi connectivity index (χ3v) is 3.51. The van der Waals surface area contributed by atoms with Crippen LogP contribution in [0.15, 0.2) is 16.6 Å². The summed E-state index contributed by atoms with van der Waals surface area (Å²) in [5, 5.41) is 3.39. The number of rotatable bonds is 2. The van der Waals surface area contributed by atoms with Crippen LogP contribution in [0.25, 0.3) is 0 Å². The van der Waals surface area contributed by atoms with Crippen molar-refractivity contribution in [1.29, 1.82) is 0 Å². The minimum Gasteiger partial charge on any atom is -0.495 e. The molecule has 1 saturated heterocycles. The highest BCUT2D eigenvalue weighted by Gasteiger charge is 2.21. The number of halogens is 1. The standard InChI is InChI=1S/C12H16BrNO/c1-8-5-10(9-3-4-14-7-9)12(15-2)11(13)6-8/h5-6,9,14H,3-4,7H2,1-2H3. The molecule has 0 aliphatic carbocycles. The number of nitrogens with one attached hydrogen (secondary N) is 1. The second-order valence-corrected chi connectivity index (χ2v) is 4.91.